The number of phenolic OH excluding ortho intramolecular Hbond substituents is 1. The Bertz CT molecular complexity index is 428. The SMILES string of the molecule is COc1cc(C)c(Cl)c(CC2(N)CC2)c1O. The molecule has 16 heavy (non-hydrogen) atoms. The number of benzene rings is 1. The first kappa shape index (κ1) is 11.6. The second-order valence-corrected chi connectivity index (χ2v) is 4.95. The van der Waals surface area contributed by atoms with Crippen molar-refractivity contribution in [2.24, 2.45) is 5.73 Å². The summed E-state index contributed by atoms with van der Waals surface area (Å²) in [7, 11) is 1.53. The lowest BCUT2D eigenvalue weighted by atomic mass is 10.0. The Morgan fingerprint density at radius 2 is 2.19 bits per heavy atom. The molecule has 0 aliphatic heterocycles. The predicted octanol–water partition coefficient (Wildman–Crippen LogP) is 2.40. The van der Waals surface area contributed by atoms with Gasteiger partial charge in [-0.25, -0.2) is 0 Å². The van der Waals surface area contributed by atoms with Crippen molar-refractivity contribution < 1.29 is 9.84 Å². The van der Waals surface area contributed by atoms with E-state index in [-0.39, 0.29) is 11.3 Å². The summed E-state index contributed by atoms with van der Waals surface area (Å²) in [5.74, 6) is 0.580. The van der Waals surface area contributed by atoms with E-state index in [1.165, 1.54) is 7.11 Å². The largest absolute Gasteiger partial charge is 0.504 e. The first-order valence-corrected chi connectivity index (χ1v) is 5.68. The monoisotopic (exact) mass is 241 g/mol. The maximum Gasteiger partial charge on any atom is 0.162 e. The van der Waals surface area contributed by atoms with Crippen LogP contribution in [0.3, 0.4) is 0 Å². The zero-order valence-corrected chi connectivity index (χ0v) is 10.3. The second kappa shape index (κ2) is 3.82. The van der Waals surface area contributed by atoms with Gasteiger partial charge >= 0.3 is 0 Å². The fourth-order valence-corrected chi connectivity index (χ4v) is 2.04. The highest BCUT2D eigenvalue weighted by molar-refractivity contribution is 6.32. The standard InChI is InChI=1S/C12H16ClNO2/c1-7-5-9(16-2)11(15)8(10(7)13)6-12(14)3-4-12/h5,15H,3-4,6,14H2,1-2H3. The molecule has 1 saturated carbocycles. The Balaban J connectivity index is 2.44. The third-order valence-corrected chi connectivity index (χ3v) is 3.65. The molecule has 0 amide bonds. The summed E-state index contributed by atoms with van der Waals surface area (Å²) in [6.07, 6.45) is 2.58. The average Bonchev–Trinajstić information content (AvgIpc) is 2.97. The van der Waals surface area contributed by atoms with Crippen molar-refractivity contribution in [2.75, 3.05) is 7.11 Å². The number of aromatic hydroxyl groups is 1. The van der Waals surface area contributed by atoms with Crippen molar-refractivity contribution in [3.63, 3.8) is 0 Å². The summed E-state index contributed by atoms with van der Waals surface area (Å²) in [5.41, 5.74) is 7.47. The number of rotatable bonds is 3. The number of aryl methyl sites for hydroxylation is 1. The van der Waals surface area contributed by atoms with Crippen LogP contribution in [-0.2, 0) is 6.42 Å². The van der Waals surface area contributed by atoms with E-state index in [0.29, 0.717) is 22.8 Å². The van der Waals surface area contributed by atoms with Gasteiger partial charge in [-0.2, -0.15) is 0 Å². The molecule has 0 spiro atoms. The summed E-state index contributed by atoms with van der Waals surface area (Å²) in [5, 5.41) is 10.6. The van der Waals surface area contributed by atoms with Crippen LogP contribution in [0, 0.1) is 6.92 Å². The number of phenols is 1. The summed E-state index contributed by atoms with van der Waals surface area (Å²) in [4.78, 5) is 0. The van der Waals surface area contributed by atoms with Crippen molar-refractivity contribution in [1.82, 2.24) is 0 Å². The fourth-order valence-electron chi connectivity index (χ4n) is 1.83. The molecule has 0 saturated heterocycles. The van der Waals surface area contributed by atoms with Crippen molar-refractivity contribution in [3.8, 4) is 11.5 Å². The second-order valence-electron chi connectivity index (χ2n) is 4.58. The van der Waals surface area contributed by atoms with Crippen molar-refractivity contribution in [2.45, 2.75) is 31.7 Å². The Hall–Kier alpha value is -0.930. The number of ether oxygens (including phenoxy) is 1. The molecule has 4 heteroatoms. The topological polar surface area (TPSA) is 55.5 Å². The molecule has 1 aliphatic rings. The molecule has 3 N–H and O–H groups in total. The first-order chi connectivity index (χ1) is 7.47. The summed E-state index contributed by atoms with van der Waals surface area (Å²) < 4.78 is 5.11. The molecule has 88 valence electrons. The van der Waals surface area contributed by atoms with Crippen LogP contribution in [0.25, 0.3) is 0 Å². The van der Waals surface area contributed by atoms with Gasteiger partial charge in [0.2, 0.25) is 0 Å². The molecule has 1 aliphatic carbocycles. The van der Waals surface area contributed by atoms with E-state index in [9.17, 15) is 5.11 Å². The number of nitrogens with two attached hydrogens (primary N) is 1. The van der Waals surface area contributed by atoms with Crippen LogP contribution in [0.1, 0.15) is 24.0 Å². The molecule has 1 aromatic carbocycles. The first-order valence-electron chi connectivity index (χ1n) is 5.31. The molecule has 0 radical (unpaired) electrons. The molecule has 3 nitrogen and oxygen atoms in total. The van der Waals surface area contributed by atoms with E-state index in [0.717, 1.165) is 18.4 Å². The minimum atomic E-state index is -0.181. The third kappa shape index (κ3) is 1.97. The van der Waals surface area contributed by atoms with E-state index >= 15 is 0 Å². The molecular formula is C12H16ClNO2. The van der Waals surface area contributed by atoms with Gasteiger partial charge in [0.1, 0.15) is 0 Å². The Kier molecular flexibility index (Phi) is 2.76. The van der Waals surface area contributed by atoms with Crippen LogP contribution in [0.5, 0.6) is 11.5 Å². The van der Waals surface area contributed by atoms with Crippen molar-refractivity contribution >= 4 is 11.6 Å². The number of methoxy groups -OCH3 is 1. The summed E-state index contributed by atoms with van der Waals surface area (Å²) >= 11 is 6.19. The molecule has 0 heterocycles. The van der Waals surface area contributed by atoms with E-state index in [2.05, 4.69) is 0 Å². The summed E-state index contributed by atoms with van der Waals surface area (Å²) in [6, 6.07) is 1.73. The minimum absolute atomic E-state index is 0.120. The highest BCUT2D eigenvalue weighted by Gasteiger charge is 2.39. The lowest BCUT2D eigenvalue weighted by Gasteiger charge is -2.16. The highest BCUT2D eigenvalue weighted by Crippen LogP contribution is 2.44. The van der Waals surface area contributed by atoms with Gasteiger partial charge in [0, 0.05) is 11.1 Å². The van der Waals surface area contributed by atoms with Gasteiger partial charge in [-0.15, -0.1) is 0 Å². The van der Waals surface area contributed by atoms with Crippen LogP contribution in [-0.4, -0.2) is 17.8 Å². The number of halogens is 1. The highest BCUT2D eigenvalue weighted by atomic mass is 35.5. The molecule has 1 aromatic rings. The normalized spacial score (nSPS) is 17.2. The van der Waals surface area contributed by atoms with E-state index in [4.69, 9.17) is 22.1 Å². The van der Waals surface area contributed by atoms with Crippen LogP contribution in [0.2, 0.25) is 5.02 Å². The van der Waals surface area contributed by atoms with Gasteiger partial charge < -0.3 is 15.6 Å². The van der Waals surface area contributed by atoms with E-state index in [1.54, 1.807) is 6.07 Å². The fraction of sp³-hybridized carbons (Fsp3) is 0.500. The Morgan fingerprint density at radius 1 is 1.56 bits per heavy atom. The van der Waals surface area contributed by atoms with Gasteiger partial charge in [-0.3, -0.25) is 0 Å². The van der Waals surface area contributed by atoms with Crippen LogP contribution >= 0.6 is 11.6 Å². The molecular weight excluding hydrogens is 226 g/mol. The number of hydrogen-bond acceptors (Lipinski definition) is 3. The maximum absolute atomic E-state index is 10.0. The molecule has 0 unspecified atom stereocenters. The van der Waals surface area contributed by atoms with Crippen molar-refractivity contribution in [3.05, 3.63) is 22.2 Å². The zero-order chi connectivity index (χ0) is 11.9. The van der Waals surface area contributed by atoms with E-state index in [1.807, 2.05) is 6.92 Å². The molecule has 1 fully saturated rings. The lowest BCUT2D eigenvalue weighted by Crippen LogP contribution is -2.24. The van der Waals surface area contributed by atoms with Gasteiger partial charge in [0.15, 0.2) is 11.5 Å². The smallest absolute Gasteiger partial charge is 0.162 e. The van der Waals surface area contributed by atoms with Gasteiger partial charge in [-0.1, -0.05) is 11.6 Å². The van der Waals surface area contributed by atoms with Crippen LogP contribution in [0.15, 0.2) is 6.07 Å². The third-order valence-electron chi connectivity index (χ3n) is 3.12. The van der Waals surface area contributed by atoms with Gasteiger partial charge in [-0.05, 0) is 37.8 Å². The van der Waals surface area contributed by atoms with Crippen molar-refractivity contribution in [1.29, 1.82) is 0 Å². The van der Waals surface area contributed by atoms with Gasteiger partial charge in [0.25, 0.3) is 0 Å². The predicted molar refractivity (Wildman–Crippen MR) is 64.3 cm³/mol. The molecule has 0 atom stereocenters. The zero-order valence-electron chi connectivity index (χ0n) is 9.51. The Labute approximate surface area is 100 Å². The Morgan fingerprint density at radius 3 is 2.69 bits per heavy atom. The maximum atomic E-state index is 10.0. The van der Waals surface area contributed by atoms with Crippen LogP contribution < -0.4 is 10.5 Å². The quantitative estimate of drug-likeness (QED) is 0.855. The van der Waals surface area contributed by atoms with E-state index < -0.39 is 0 Å². The number of hydrogen-bond donors (Lipinski definition) is 2. The van der Waals surface area contributed by atoms with Crippen LogP contribution in [0.4, 0.5) is 0 Å². The summed E-state index contributed by atoms with van der Waals surface area (Å²) in [6.45, 7) is 1.89. The average molecular weight is 242 g/mol. The lowest BCUT2D eigenvalue weighted by molar-refractivity contribution is 0.369. The minimum Gasteiger partial charge on any atom is -0.504 e. The molecule has 0 aromatic heterocycles. The molecule has 0 bridgehead atoms. The molecule has 2 rings (SSSR count). The van der Waals surface area contributed by atoms with Gasteiger partial charge in [0.05, 0.1) is 12.1 Å².